The van der Waals surface area contributed by atoms with E-state index in [1.165, 1.54) is 0 Å². The lowest BCUT2D eigenvalue weighted by Gasteiger charge is -2.36. The van der Waals surface area contributed by atoms with E-state index in [1.54, 1.807) is 16.7 Å². The van der Waals surface area contributed by atoms with Crippen LogP contribution in [0.25, 0.3) is 0 Å². The van der Waals surface area contributed by atoms with E-state index in [2.05, 4.69) is 0 Å². The molecule has 17 heavy (non-hydrogen) atoms. The van der Waals surface area contributed by atoms with Crippen LogP contribution in [0.5, 0.6) is 0 Å². The number of hydrogen-bond donors (Lipinski definition) is 1. The minimum absolute atomic E-state index is 0.0373. The number of nitrogens with zero attached hydrogens (tertiary/aromatic N) is 3. The van der Waals surface area contributed by atoms with Crippen LogP contribution in [0.15, 0.2) is 0 Å². The second-order valence-corrected chi connectivity index (χ2v) is 4.73. The summed E-state index contributed by atoms with van der Waals surface area (Å²) in [5.41, 5.74) is 5.55. The van der Waals surface area contributed by atoms with Gasteiger partial charge in [0.05, 0.1) is 12.6 Å². The standard InChI is InChI=1S/C11H22N4O2/c1-9(12)11(17)15-6-4-14(5-7-15)10(16)8-13(2)3/h9H,4-8,12H2,1-3H3. The minimum Gasteiger partial charge on any atom is -0.338 e. The van der Waals surface area contributed by atoms with Crippen LogP contribution in [0, 0.1) is 0 Å². The summed E-state index contributed by atoms with van der Waals surface area (Å²) in [4.78, 5) is 28.8. The molecule has 1 atom stereocenters. The summed E-state index contributed by atoms with van der Waals surface area (Å²) in [6, 6.07) is -0.459. The molecule has 98 valence electrons. The smallest absolute Gasteiger partial charge is 0.239 e. The molecule has 2 amide bonds. The van der Waals surface area contributed by atoms with Crippen molar-refractivity contribution in [2.45, 2.75) is 13.0 Å². The van der Waals surface area contributed by atoms with Gasteiger partial charge >= 0.3 is 0 Å². The maximum absolute atomic E-state index is 11.8. The maximum Gasteiger partial charge on any atom is 0.239 e. The zero-order valence-corrected chi connectivity index (χ0v) is 10.8. The fourth-order valence-electron chi connectivity index (χ4n) is 1.83. The third-order valence-electron chi connectivity index (χ3n) is 2.79. The molecule has 0 radical (unpaired) electrons. The Balaban J connectivity index is 2.40. The monoisotopic (exact) mass is 242 g/mol. The van der Waals surface area contributed by atoms with Crippen LogP contribution in [-0.2, 0) is 9.59 Å². The average Bonchev–Trinajstić information content (AvgIpc) is 2.27. The zero-order chi connectivity index (χ0) is 13.0. The molecule has 6 heteroatoms. The number of piperazine rings is 1. The van der Waals surface area contributed by atoms with Crippen molar-refractivity contribution in [3.05, 3.63) is 0 Å². The molecule has 1 aliphatic heterocycles. The molecule has 6 nitrogen and oxygen atoms in total. The maximum atomic E-state index is 11.8. The van der Waals surface area contributed by atoms with Crippen LogP contribution in [0.4, 0.5) is 0 Å². The van der Waals surface area contributed by atoms with Gasteiger partial charge in [0.1, 0.15) is 0 Å². The summed E-state index contributed by atoms with van der Waals surface area (Å²) in [5, 5.41) is 0. The van der Waals surface area contributed by atoms with E-state index in [0.29, 0.717) is 32.7 Å². The van der Waals surface area contributed by atoms with Crippen LogP contribution >= 0.6 is 0 Å². The van der Waals surface area contributed by atoms with Crippen molar-refractivity contribution in [3.63, 3.8) is 0 Å². The van der Waals surface area contributed by atoms with E-state index in [4.69, 9.17) is 5.73 Å². The molecule has 1 unspecified atom stereocenters. The summed E-state index contributed by atoms with van der Waals surface area (Å²) in [6.07, 6.45) is 0. The molecule has 0 bridgehead atoms. The first kappa shape index (κ1) is 13.9. The third-order valence-corrected chi connectivity index (χ3v) is 2.79. The first-order valence-corrected chi connectivity index (χ1v) is 5.88. The van der Waals surface area contributed by atoms with Crippen molar-refractivity contribution in [2.24, 2.45) is 5.73 Å². The summed E-state index contributed by atoms with van der Waals surface area (Å²) in [6.45, 7) is 4.47. The number of carbonyl (C=O) groups excluding carboxylic acids is 2. The number of hydrogen-bond acceptors (Lipinski definition) is 4. The predicted octanol–water partition coefficient (Wildman–Crippen LogP) is -1.43. The lowest BCUT2D eigenvalue weighted by atomic mass is 10.2. The van der Waals surface area contributed by atoms with E-state index in [0.717, 1.165) is 0 Å². The van der Waals surface area contributed by atoms with Gasteiger partial charge in [-0.25, -0.2) is 0 Å². The molecule has 0 spiro atoms. The van der Waals surface area contributed by atoms with Crippen LogP contribution < -0.4 is 5.73 Å². The fourth-order valence-corrected chi connectivity index (χ4v) is 1.83. The van der Waals surface area contributed by atoms with Gasteiger partial charge in [-0.3, -0.25) is 9.59 Å². The highest BCUT2D eigenvalue weighted by Crippen LogP contribution is 2.04. The number of carbonyl (C=O) groups is 2. The summed E-state index contributed by atoms with van der Waals surface area (Å²) in [7, 11) is 3.74. The van der Waals surface area contributed by atoms with Gasteiger partial charge in [0.2, 0.25) is 11.8 Å². The van der Waals surface area contributed by atoms with E-state index >= 15 is 0 Å². The number of nitrogens with two attached hydrogens (primary N) is 1. The largest absolute Gasteiger partial charge is 0.338 e. The highest BCUT2D eigenvalue weighted by molar-refractivity contribution is 5.82. The Hall–Kier alpha value is -1.14. The second kappa shape index (κ2) is 5.97. The molecule has 1 aliphatic rings. The highest BCUT2D eigenvalue weighted by Gasteiger charge is 2.25. The van der Waals surface area contributed by atoms with Gasteiger partial charge in [0.15, 0.2) is 0 Å². The van der Waals surface area contributed by atoms with Crippen LogP contribution in [0.1, 0.15) is 6.92 Å². The summed E-state index contributed by atoms with van der Waals surface area (Å²) in [5.74, 6) is 0.0765. The van der Waals surface area contributed by atoms with Gasteiger partial charge in [-0.15, -0.1) is 0 Å². The Kier molecular flexibility index (Phi) is 4.89. The minimum atomic E-state index is -0.459. The average molecular weight is 242 g/mol. The lowest BCUT2D eigenvalue weighted by molar-refractivity contribution is -0.140. The Bertz CT molecular complexity index is 283. The van der Waals surface area contributed by atoms with Crippen molar-refractivity contribution in [2.75, 3.05) is 46.8 Å². The molecule has 0 aromatic carbocycles. The normalized spacial score (nSPS) is 18.4. The molecule has 1 fully saturated rings. The van der Waals surface area contributed by atoms with E-state index < -0.39 is 6.04 Å². The van der Waals surface area contributed by atoms with Crippen molar-refractivity contribution in [3.8, 4) is 0 Å². The number of likely N-dealkylation sites (N-methyl/N-ethyl adjacent to an activating group) is 1. The van der Waals surface area contributed by atoms with Gasteiger partial charge in [0.25, 0.3) is 0 Å². The van der Waals surface area contributed by atoms with Crippen LogP contribution in [0.2, 0.25) is 0 Å². The summed E-state index contributed by atoms with van der Waals surface area (Å²) < 4.78 is 0. The Labute approximate surface area is 102 Å². The predicted molar refractivity (Wildman–Crippen MR) is 65.4 cm³/mol. The van der Waals surface area contributed by atoms with E-state index in [9.17, 15) is 9.59 Å². The lowest BCUT2D eigenvalue weighted by Crippen LogP contribution is -2.54. The van der Waals surface area contributed by atoms with Gasteiger partial charge < -0.3 is 20.4 Å². The fraction of sp³-hybridized carbons (Fsp3) is 0.818. The molecule has 1 rings (SSSR count). The van der Waals surface area contributed by atoms with Crippen molar-refractivity contribution >= 4 is 11.8 Å². The Morgan fingerprint density at radius 2 is 1.65 bits per heavy atom. The van der Waals surface area contributed by atoms with E-state index in [-0.39, 0.29) is 11.8 Å². The molecular formula is C11H22N4O2. The van der Waals surface area contributed by atoms with Crippen molar-refractivity contribution in [1.29, 1.82) is 0 Å². The van der Waals surface area contributed by atoms with Gasteiger partial charge in [-0.2, -0.15) is 0 Å². The van der Waals surface area contributed by atoms with Gasteiger partial charge in [-0.1, -0.05) is 0 Å². The quantitative estimate of drug-likeness (QED) is 0.658. The Morgan fingerprint density at radius 1 is 1.18 bits per heavy atom. The summed E-state index contributed by atoms with van der Waals surface area (Å²) >= 11 is 0. The van der Waals surface area contributed by atoms with E-state index in [1.807, 2.05) is 19.0 Å². The molecule has 0 aromatic rings. The molecule has 0 aliphatic carbocycles. The number of rotatable bonds is 3. The highest BCUT2D eigenvalue weighted by atomic mass is 16.2. The van der Waals surface area contributed by atoms with Crippen LogP contribution in [0.3, 0.4) is 0 Å². The first-order valence-electron chi connectivity index (χ1n) is 5.88. The first-order chi connectivity index (χ1) is 7.91. The number of amides is 2. The van der Waals surface area contributed by atoms with Crippen LogP contribution in [-0.4, -0.2) is 79.4 Å². The molecule has 0 aromatic heterocycles. The second-order valence-electron chi connectivity index (χ2n) is 4.73. The Morgan fingerprint density at radius 3 is 2.06 bits per heavy atom. The topological polar surface area (TPSA) is 69.9 Å². The molecule has 1 saturated heterocycles. The van der Waals surface area contributed by atoms with Crippen molar-refractivity contribution in [1.82, 2.24) is 14.7 Å². The third kappa shape index (κ3) is 3.98. The molecule has 2 N–H and O–H groups in total. The van der Waals surface area contributed by atoms with Gasteiger partial charge in [0, 0.05) is 26.2 Å². The van der Waals surface area contributed by atoms with Gasteiger partial charge in [-0.05, 0) is 21.0 Å². The molecule has 0 saturated carbocycles. The zero-order valence-electron chi connectivity index (χ0n) is 10.8. The molecule has 1 heterocycles. The molecular weight excluding hydrogens is 220 g/mol. The SMILES string of the molecule is CC(N)C(=O)N1CCN(C(=O)CN(C)C)CC1. The van der Waals surface area contributed by atoms with Crippen molar-refractivity contribution < 1.29 is 9.59 Å².